The molecule has 0 aromatic heterocycles. The van der Waals surface area contributed by atoms with Crippen LogP contribution < -0.4 is 16.2 Å². The fourth-order valence-electron chi connectivity index (χ4n) is 1.42. The predicted molar refractivity (Wildman–Crippen MR) is 72.4 cm³/mol. The largest absolute Gasteiger partial charge is 0.393 e. The van der Waals surface area contributed by atoms with E-state index in [1.165, 1.54) is 12.1 Å². The van der Waals surface area contributed by atoms with E-state index in [4.69, 9.17) is 10.9 Å². The minimum absolute atomic E-state index is 0.0409. The SMILES string of the molecule is Nc1ccc(C(=O)NCCCS(N)(=O)=O)cc1[N+](=O)[O-]. The summed E-state index contributed by atoms with van der Waals surface area (Å²) in [5.41, 5.74) is 5.08. The lowest BCUT2D eigenvalue weighted by Gasteiger charge is -2.05. The zero-order chi connectivity index (χ0) is 15.3. The van der Waals surface area contributed by atoms with Crippen molar-refractivity contribution in [3.63, 3.8) is 0 Å². The van der Waals surface area contributed by atoms with Crippen LogP contribution in [0.3, 0.4) is 0 Å². The third kappa shape index (κ3) is 4.82. The van der Waals surface area contributed by atoms with Gasteiger partial charge in [0.15, 0.2) is 0 Å². The summed E-state index contributed by atoms with van der Waals surface area (Å²) in [5, 5.41) is 17.9. The molecule has 0 bridgehead atoms. The van der Waals surface area contributed by atoms with Gasteiger partial charge in [0, 0.05) is 18.2 Å². The minimum atomic E-state index is -3.57. The average Bonchev–Trinajstić information content (AvgIpc) is 2.33. The van der Waals surface area contributed by atoms with Crippen LogP contribution in [-0.4, -0.2) is 31.5 Å². The van der Waals surface area contributed by atoms with Crippen LogP contribution in [0.5, 0.6) is 0 Å². The smallest absolute Gasteiger partial charge is 0.292 e. The van der Waals surface area contributed by atoms with Gasteiger partial charge < -0.3 is 11.1 Å². The van der Waals surface area contributed by atoms with Gasteiger partial charge in [-0.1, -0.05) is 0 Å². The Balaban J connectivity index is 2.64. The highest BCUT2D eigenvalue weighted by Gasteiger charge is 2.15. The van der Waals surface area contributed by atoms with Crippen molar-refractivity contribution in [3.05, 3.63) is 33.9 Å². The molecule has 0 heterocycles. The van der Waals surface area contributed by atoms with E-state index in [9.17, 15) is 23.3 Å². The van der Waals surface area contributed by atoms with E-state index in [-0.39, 0.29) is 35.7 Å². The molecule has 5 N–H and O–H groups in total. The number of hydrogen-bond acceptors (Lipinski definition) is 6. The number of benzene rings is 1. The Hall–Kier alpha value is -2.20. The summed E-state index contributed by atoms with van der Waals surface area (Å²) in [4.78, 5) is 21.7. The number of nitro benzene ring substituents is 1. The maximum Gasteiger partial charge on any atom is 0.292 e. The number of hydrogen-bond donors (Lipinski definition) is 3. The number of sulfonamides is 1. The molecule has 9 nitrogen and oxygen atoms in total. The van der Waals surface area contributed by atoms with Crippen LogP contribution in [-0.2, 0) is 10.0 Å². The number of carbonyl (C=O) groups excluding carboxylic acids is 1. The molecular formula is C10H14N4O5S. The Bertz CT molecular complexity index is 629. The monoisotopic (exact) mass is 302 g/mol. The van der Waals surface area contributed by atoms with Crippen LogP contribution in [0, 0.1) is 10.1 Å². The lowest BCUT2D eigenvalue weighted by Crippen LogP contribution is -2.27. The molecule has 1 amide bonds. The van der Waals surface area contributed by atoms with Crippen molar-refractivity contribution in [2.75, 3.05) is 18.0 Å². The van der Waals surface area contributed by atoms with Gasteiger partial charge in [0.05, 0.1) is 10.7 Å². The molecule has 0 aliphatic carbocycles. The molecule has 1 rings (SSSR count). The number of primary sulfonamides is 1. The van der Waals surface area contributed by atoms with Gasteiger partial charge >= 0.3 is 0 Å². The molecule has 20 heavy (non-hydrogen) atoms. The molecule has 0 atom stereocenters. The van der Waals surface area contributed by atoms with Gasteiger partial charge in [-0.3, -0.25) is 14.9 Å². The summed E-state index contributed by atoms with van der Waals surface area (Å²) >= 11 is 0. The molecule has 0 saturated carbocycles. The zero-order valence-corrected chi connectivity index (χ0v) is 11.2. The molecule has 1 aromatic carbocycles. The number of carbonyl (C=O) groups is 1. The first-order valence-electron chi connectivity index (χ1n) is 5.53. The Morgan fingerprint density at radius 2 is 2.05 bits per heavy atom. The second-order valence-electron chi connectivity index (χ2n) is 4.01. The topological polar surface area (TPSA) is 158 Å². The number of nitrogen functional groups attached to an aromatic ring is 1. The number of nitro groups is 1. The molecule has 10 heteroatoms. The molecule has 0 unspecified atom stereocenters. The van der Waals surface area contributed by atoms with Crippen molar-refractivity contribution >= 4 is 27.3 Å². The Morgan fingerprint density at radius 1 is 1.40 bits per heavy atom. The summed E-state index contributed by atoms with van der Waals surface area (Å²) < 4.78 is 21.4. The van der Waals surface area contributed by atoms with E-state index in [0.717, 1.165) is 6.07 Å². The molecule has 0 fully saturated rings. The summed E-state index contributed by atoms with van der Waals surface area (Å²) in [6, 6.07) is 3.67. The standard InChI is InChI=1S/C10H14N4O5S/c11-8-3-2-7(6-9(8)14(16)17)10(15)13-4-1-5-20(12,18)19/h2-3,6H,1,4-5,11H2,(H,13,15)(H2,12,18,19). The van der Waals surface area contributed by atoms with Crippen molar-refractivity contribution in [2.24, 2.45) is 5.14 Å². The molecule has 0 aliphatic rings. The quantitative estimate of drug-likeness (QED) is 0.280. The second-order valence-corrected chi connectivity index (χ2v) is 5.74. The number of nitrogens with two attached hydrogens (primary N) is 2. The highest BCUT2D eigenvalue weighted by molar-refractivity contribution is 7.89. The first-order chi connectivity index (χ1) is 9.20. The summed E-state index contributed by atoms with van der Waals surface area (Å²) in [6.45, 7) is 0.0907. The fourth-order valence-corrected chi connectivity index (χ4v) is 1.97. The maximum atomic E-state index is 11.7. The highest BCUT2D eigenvalue weighted by atomic mass is 32.2. The van der Waals surface area contributed by atoms with E-state index in [1.807, 2.05) is 0 Å². The van der Waals surface area contributed by atoms with E-state index < -0.39 is 20.9 Å². The molecule has 0 aliphatic heterocycles. The van der Waals surface area contributed by atoms with Crippen LogP contribution >= 0.6 is 0 Å². The van der Waals surface area contributed by atoms with Gasteiger partial charge in [-0.15, -0.1) is 0 Å². The molecule has 110 valence electrons. The first-order valence-corrected chi connectivity index (χ1v) is 7.25. The van der Waals surface area contributed by atoms with Crippen LogP contribution in [0.1, 0.15) is 16.8 Å². The van der Waals surface area contributed by atoms with Crippen LogP contribution in [0.15, 0.2) is 18.2 Å². The Labute approximate surface area is 115 Å². The number of amides is 1. The van der Waals surface area contributed by atoms with Crippen molar-refractivity contribution in [1.82, 2.24) is 5.32 Å². The third-order valence-electron chi connectivity index (χ3n) is 2.38. The Kier molecular flexibility index (Phi) is 5.00. The summed E-state index contributed by atoms with van der Waals surface area (Å²) in [6.07, 6.45) is 0.154. The summed E-state index contributed by atoms with van der Waals surface area (Å²) in [7, 11) is -3.57. The number of rotatable bonds is 6. The molecule has 1 aromatic rings. The van der Waals surface area contributed by atoms with Crippen molar-refractivity contribution in [1.29, 1.82) is 0 Å². The van der Waals surface area contributed by atoms with Gasteiger partial charge in [0.25, 0.3) is 11.6 Å². The fraction of sp³-hybridized carbons (Fsp3) is 0.300. The lowest BCUT2D eigenvalue weighted by molar-refractivity contribution is -0.383. The van der Waals surface area contributed by atoms with Gasteiger partial charge in [-0.2, -0.15) is 0 Å². The van der Waals surface area contributed by atoms with Crippen molar-refractivity contribution in [2.45, 2.75) is 6.42 Å². The zero-order valence-electron chi connectivity index (χ0n) is 10.4. The Morgan fingerprint density at radius 3 is 2.60 bits per heavy atom. The molecule has 0 radical (unpaired) electrons. The maximum absolute atomic E-state index is 11.7. The number of anilines is 1. The van der Waals surface area contributed by atoms with Crippen molar-refractivity contribution < 1.29 is 18.1 Å². The van der Waals surface area contributed by atoms with E-state index in [2.05, 4.69) is 5.32 Å². The van der Waals surface area contributed by atoms with Crippen LogP contribution in [0.2, 0.25) is 0 Å². The average molecular weight is 302 g/mol. The molecule has 0 spiro atoms. The van der Waals surface area contributed by atoms with Crippen LogP contribution in [0.4, 0.5) is 11.4 Å². The van der Waals surface area contributed by atoms with E-state index in [0.29, 0.717) is 0 Å². The minimum Gasteiger partial charge on any atom is -0.393 e. The van der Waals surface area contributed by atoms with E-state index in [1.54, 1.807) is 0 Å². The highest BCUT2D eigenvalue weighted by Crippen LogP contribution is 2.22. The van der Waals surface area contributed by atoms with Crippen LogP contribution in [0.25, 0.3) is 0 Å². The normalized spacial score (nSPS) is 11.1. The number of nitrogens with zero attached hydrogens (tertiary/aromatic N) is 1. The van der Waals surface area contributed by atoms with Crippen molar-refractivity contribution in [3.8, 4) is 0 Å². The molecular weight excluding hydrogens is 288 g/mol. The molecule has 0 saturated heterocycles. The van der Waals surface area contributed by atoms with Gasteiger partial charge in [-0.25, -0.2) is 13.6 Å². The third-order valence-corrected chi connectivity index (χ3v) is 3.24. The van der Waals surface area contributed by atoms with Gasteiger partial charge in [-0.05, 0) is 18.6 Å². The predicted octanol–water partition coefficient (Wildman–Crippen LogP) is -0.415. The summed E-state index contributed by atoms with van der Waals surface area (Å²) in [5.74, 6) is -0.808. The van der Waals surface area contributed by atoms with Gasteiger partial charge in [0.2, 0.25) is 10.0 Å². The van der Waals surface area contributed by atoms with E-state index >= 15 is 0 Å². The second kappa shape index (κ2) is 6.30. The first kappa shape index (κ1) is 15.9. The lowest BCUT2D eigenvalue weighted by atomic mass is 10.1. The number of nitrogens with one attached hydrogen (secondary N) is 1. The van der Waals surface area contributed by atoms with Gasteiger partial charge in [0.1, 0.15) is 5.69 Å².